The zero-order chi connectivity index (χ0) is 14.9. The second kappa shape index (κ2) is 5.13. The van der Waals surface area contributed by atoms with Crippen molar-refractivity contribution >= 4 is 17.5 Å². The number of primary amides is 1. The van der Waals surface area contributed by atoms with Gasteiger partial charge in [-0.15, -0.1) is 0 Å². The standard InChI is InChI=1S/C14H19N3O3/c1-14(2,16)7-12(18)17-8-11(13(15)19)20-10-6-4-3-5-9(10)17/h3-6,11H,7-8,16H2,1-2H3,(H2,15,19). The molecule has 6 nitrogen and oxygen atoms in total. The number of benzene rings is 1. The predicted octanol–water partition coefficient (Wildman–Crippen LogP) is 0.393. The van der Waals surface area contributed by atoms with E-state index in [1.165, 1.54) is 4.90 Å². The van der Waals surface area contributed by atoms with Crippen molar-refractivity contribution in [2.45, 2.75) is 31.9 Å². The number of ether oxygens (including phenoxy) is 1. The van der Waals surface area contributed by atoms with Gasteiger partial charge in [0.05, 0.1) is 12.2 Å². The molecule has 4 N–H and O–H groups in total. The first kappa shape index (κ1) is 14.3. The molecule has 0 radical (unpaired) electrons. The van der Waals surface area contributed by atoms with E-state index in [0.29, 0.717) is 11.4 Å². The minimum atomic E-state index is -0.838. The smallest absolute Gasteiger partial charge is 0.260 e. The Kier molecular flexibility index (Phi) is 3.67. The van der Waals surface area contributed by atoms with E-state index >= 15 is 0 Å². The van der Waals surface area contributed by atoms with Gasteiger partial charge in [0, 0.05) is 12.0 Å². The van der Waals surface area contributed by atoms with Crippen molar-refractivity contribution in [1.82, 2.24) is 0 Å². The van der Waals surface area contributed by atoms with Gasteiger partial charge < -0.3 is 21.1 Å². The average molecular weight is 277 g/mol. The number of fused-ring (bicyclic) bond motifs is 1. The number of carbonyl (C=O) groups excluding carboxylic acids is 2. The summed E-state index contributed by atoms with van der Waals surface area (Å²) in [4.78, 5) is 25.3. The quantitative estimate of drug-likeness (QED) is 0.835. The van der Waals surface area contributed by atoms with Gasteiger partial charge in [0.1, 0.15) is 5.75 Å². The maximum atomic E-state index is 12.4. The number of anilines is 1. The zero-order valence-electron chi connectivity index (χ0n) is 11.6. The summed E-state index contributed by atoms with van der Waals surface area (Å²) in [6, 6.07) is 7.06. The lowest BCUT2D eigenvalue weighted by Gasteiger charge is -2.34. The molecule has 0 aromatic heterocycles. The molecule has 1 atom stereocenters. The van der Waals surface area contributed by atoms with Crippen LogP contribution >= 0.6 is 0 Å². The Bertz CT molecular complexity index is 537. The summed E-state index contributed by atoms with van der Waals surface area (Å²) in [5.41, 5.74) is 11.2. The molecule has 2 rings (SSSR count). The summed E-state index contributed by atoms with van der Waals surface area (Å²) in [6.07, 6.45) is -0.665. The fourth-order valence-corrected chi connectivity index (χ4v) is 2.10. The number of nitrogens with two attached hydrogens (primary N) is 2. The van der Waals surface area contributed by atoms with Crippen LogP contribution in [0.1, 0.15) is 20.3 Å². The van der Waals surface area contributed by atoms with Crippen molar-refractivity contribution in [3.8, 4) is 5.75 Å². The number of nitrogens with zero attached hydrogens (tertiary/aromatic N) is 1. The molecule has 0 fully saturated rings. The molecule has 0 saturated heterocycles. The van der Waals surface area contributed by atoms with Gasteiger partial charge in [0.15, 0.2) is 6.10 Å². The van der Waals surface area contributed by atoms with Crippen LogP contribution < -0.4 is 21.1 Å². The van der Waals surface area contributed by atoms with Crippen LogP contribution in [0.25, 0.3) is 0 Å². The molecule has 1 aromatic rings. The third-order valence-corrected chi connectivity index (χ3v) is 3.00. The van der Waals surface area contributed by atoms with E-state index in [4.69, 9.17) is 16.2 Å². The molecule has 0 saturated carbocycles. The van der Waals surface area contributed by atoms with E-state index in [1.807, 2.05) is 0 Å². The third-order valence-electron chi connectivity index (χ3n) is 3.00. The van der Waals surface area contributed by atoms with Crippen LogP contribution in [-0.2, 0) is 9.59 Å². The van der Waals surface area contributed by atoms with Crippen LogP contribution in [0.2, 0.25) is 0 Å². The Morgan fingerprint density at radius 2 is 2.05 bits per heavy atom. The van der Waals surface area contributed by atoms with Crippen molar-refractivity contribution < 1.29 is 14.3 Å². The van der Waals surface area contributed by atoms with Crippen molar-refractivity contribution in [2.75, 3.05) is 11.4 Å². The van der Waals surface area contributed by atoms with Crippen LogP contribution in [0.15, 0.2) is 24.3 Å². The highest BCUT2D eigenvalue weighted by Gasteiger charge is 2.33. The summed E-state index contributed by atoms with van der Waals surface area (Å²) in [7, 11) is 0. The predicted molar refractivity (Wildman–Crippen MR) is 75.3 cm³/mol. The molecular weight excluding hydrogens is 258 g/mol. The average Bonchev–Trinajstić information content (AvgIpc) is 2.35. The van der Waals surface area contributed by atoms with Gasteiger partial charge in [-0.25, -0.2) is 0 Å². The lowest BCUT2D eigenvalue weighted by molar-refractivity contribution is -0.125. The molecule has 1 unspecified atom stereocenters. The van der Waals surface area contributed by atoms with Crippen LogP contribution in [-0.4, -0.2) is 30.0 Å². The highest BCUT2D eigenvalue weighted by Crippen LogP contribution is 2.33. The van der Waals surface area contributed by atoms with Crippen LogP contribution in [0.3, 0.4) is 0 Å². The second-order valence-electron chi connectivity index (χ2n) is 5.65. The topological polar surface area (TPSA) is 98.7 Å². The van der Waals surface area contributed by atoms with Crippen LogP contribution in [0.5, 0.6) is 5.75 Å². The minimum Gasteiger partial charge on any atom is -0.477 e. The molecule has 6 heteroatoms. The summed E-state index contributed by atoms with van der Waals surface area (Å²) in [5.74, 6) is -0.269. The van der Waals surface area contributed by atoms with E-state index in [-0.39, 0.29) is 18.9 Å². The maximum absolute atomic E-state index is 12.4. The number of amides is 2. The number of hydrogen-bond acceptors (Lipinski definition) is 4. The Hall–Kier alpha value is -2.08. The molecule has 1 aliphatic heterocycles. The Morgan fingerprint density at radius 1 is 1.40 bits per heavy atom. The zero-order valence-corrected chi connectivity index (χ0v) is 11.6. The van der Waals surface area contributed by atoms with Crippen molar-refractivity contribution in [3.05, 3.63) is 24.3 Å². The number of rotatable bonds is 3. The number of carbonyl (C=O) groups is 2. The molecule has 0 aliphatic carbocycles. The fourth-order valence-electron chi connectivity index (χ4n) is 2.10. The monoisotopic (exact) mass is 277 g/mol. The van der Waals surface area contributed by atoms with Gasteiger partial charge >= 0.3 is 0 Å². The molecule has 108 valence electrons. The fraction of sp³-hybridized carbons (Fsp3) is 0.429. The van der Waals surface area contributed by atoms with Crippen LogP contribution in [0.4, 0.5) is 5.69 Å². The van der Waals surface area contributed by atoms with E-state index in [9.17, 15) is 9.59 Å². The van der Waals surface area contributed by atoms with Gasteiger partial charge in [-0.1, -0.05) is 12.1 Å². The van der Waals surface area contributed by atoms with E-state index in [1.54, 1.807) is 38.1 Å². The summed E-state index contributed by atoms with van der Waals surface area (Å²) in [5, 5.41) is 0. The summed E-state index contributed by atoms with van der Waals surface area (Å²) >= 11 is 0. The lowest BCUT2D eigenvalue weighted by atomic mass is 10.0. The largest absolute Gasteiger partial charge is 0.477 e. The highest BCUT2D eigenvalue weighted by atomic mass is 16.5. The second-order valence-corrected chi connectivity index (χ2v) is 5.65. The number of para-hydroxylation sites is 2. The molecule has 2 amide bonds. The Morgan fingerprint density at radius 3 is 2.65 bits per heavy atom. The van der Waals surface area contributed by atoms with Gasteiger partial charge in [-0.3, -0.25) is 9.59 Å². The van der Waals surface area contributed by atoms with E-state index in [2.05, 4.69) is 0 Å². The molecule has 1 aliphatic rings. The van der Waals surface area contributed by atoms with Gasteiger partial charge in [-0.2, -0.15) is 0 Å². The summed E-state index contributed by atoms with van der Waals surface area (Å²) in [6.45, 7) is 3.67. The third kappa shape index (κ3) is 3.08. The normalized spacial score (nSPS) is 18.1. The first-order chi connectivity index (χ1) is 9.28. The summed E-state index contributed by atoms with van der Waals surface area (Å²) < 4.78 is 5.50. The molecule has 0 spiro atoms. The molecule has 20 heavy (non-hydrogen) atoms. The molecular formula is C14H19N3O3. The maximum Gasteiger partial charge on any atom is 0.260 e. The minimum absolute atomic E-state index is 0.112. The van der Waals surface area contributed by atoms with E-state index in [0.717, 1.165) is 0 Å². The Balaban J connectivity index is 2.31. The van der Waals surface area contributed by atoms with Crippen molar-refractivity contribution in [3.63, 3.8) is 0 Å². The van der Waals surface area contributed by atoms with E-state index < -0.39 is 17.6 Å². The molecule has 1 heterocycles. The van der Waals surface area contributed by atoms with Gasteiger partial charge in [0.2, 0.25) is 5.91 Å². The lowest BCUT2D eigenvalue weighted by Crippen LogP contribution is -2.51. The first-order valence-electron chi connectivity index (χ1n) is 6.42. The highest BCUT2D eigenvalue weighted by molar-refractivity contribution is 5.97. The van der Waals surface area contributed by atoms with Crippen molar-refractivity contribution in [2.24, 2.45) is 11.5 Å². The SMILES string of the molecule is CC(C)(N)CC(=O)N1CC(C(N)=O)Oc2ccccc21. The Labute approximate surface area is 117 Å². The molecule has 0 bridgehead atoms. The van der Waals surface area contributed by atoms with Gasteiger partial charge in [0.25, 0.3) is 5.91 Å². The van der Waals surface area contributed by atoms with Crippen LogP contribution in [0, 0.1) is 0 Å². The molecule has 1 aromatic carbocycles. The number of hydrogen-bond donors (Lipinski definition) is 2. The first-order valence-corrected chi connectivity index (χ1v) is 6.42. The van der Waals surface area contributed by atoms with Gasteiger partial charge in [-0.05, 0) is 26.0 Å². The van der Waals surface area contributed by atoms with Crippen molar-refractivity contribution in [1.29, 1.82) is 0 Å².